The van der Waals surface area contributed by atoms with Crippen LogP contribution >= 0.6 is 11.8 Å². The molecule has 46 valence electrons. The van der Waals surface area contributed by atoms with E-state index in [-0.39, 0.29) is 0 Å². The smallest absolute Gasteiger partial charge is 0.133 e. The van der Waals surface area contributed by atoms with Crippen molar-refractivity contribution in [2.24, 2.45) is 0 Å². The van der Waals surface area contributed by atoms with E-state index in [1.807, 2.05) is 19.5 Å². The second-order valence-corrected chi connectivity index (χ2v) is 2.62. The summed E-state index contributed by atoms with van der Waals surface area (Å²) in [5.74, 6) is 0.906. The van der Waals surface area contributed by atoms with E-state index < -0.39 is 0 Å². The van der Waals surface area contributed by atoms with Crippen LogP contribution < -0.4 is 0 Å². The van der Waals surface area contributed by atoms with Crippen LogP contribution in [0.2, 0.25) is 0 Å². The Balaban J connectivity index is 2.85. The largest absolute Gasteiger partial charge is 0.309 e. The monoisotopic (exact) mass is 130 g/mol. The zero-order chi connectivity index (χ0) is 6.41. The van der Waals surface area contributed by atoms with Gasteiger partial charge in [0.05, 0.1) is 0 Å². The van der Waals surface area contributed by atoms with Crippen LogP contribution in [0.3, 0.4) is 0 Å². The SMILES string of the molecule is CN(C)CCSC#N. The minimum Gasteiger partial charge on any atom is -0.309 e. The fourth-order valence-corrected chi connectivity index (χ4v) is 0.822. The fraction of sp³-hybridized carbons (Fsp3) is 0.800. The van der Waals surface area contributed by atoms with Gasteiger partial charge in [-0.15, -0.1) is 0 Å². The van der Waals surface area contributed by atoms with E-state index in [2.05, 4.69) is 4.90 Å². The molecule has 0 amide bonds. The third kappa shape index (κ3) is 5.80. The van der Waals surface area contributed by atoms with E-state index in [0.29, 0.717) is 0 Å². The van der Waals surface area contributed by atoms with Gasteiger partial charge in [0.15, 0.2) is 0 Å². The van der Waals surface area contributed by atoms with Crippen molar-refractivity contribution < 1.29 is 0 Å². The van der Waals surface area contributed by atoms with Gasteiger partial charge in [-0.2, -0.15) is 5.26 Å². The first-order valence-electron chi connectivity index (χ1n) is 2.43. The van der Waals surface area contributed by atoms with Crippen molar-refractivity contribution >= 4 is 11.8 Å². The van der Waals surface area contributed by atoms with E-state index in [9.17, 15) is 0 Å². The average Bonchev–Trinajstić information content (AvgIpc) is 1.66. The molecule has 0 rings (SSSR count). The van der Waals surface area contributed by atoms with E-state index in [4.69, 9.17) is 5.26 Å². The second-order valence-electron chi connectivity index (χ2n) is 1.74. The third-order valence-corrected chi connectivity index (χ3v) is 1.22. The molecule has 0 atom stereocenters. The van der Waals surface area contributed by atoms with E-state index in [0.717, 1.165) is 12.3 Å². The summed E-state index contributed by atoms with van der Waals surface area (Å²) < 4.78 is 0. The number of nitrogens with zero attached hydrogens (tertiary/aromatic N) is 2. The number of thiocyanates is 1. The number of rotatable bonds is 3. The number of thioether (sulfide) groups is 1. The number of hydrogen-bond acceptors (Lipinski definition) is 3. The predicted molar refractivity (Wildman–Crippen MR) is 36.6 cm³/mol. The molecule has 0 aromatic carbocycles. The molecule has 3 heteroatoms. The maximum Gasteiger partial charge on any atom is 0.133 e. The molecule has 0 unspecified atom stereocenters. The molecule has 0 bridgehead atoms. The fourth-order valence-electron chi connectivity index (χ4n) is 0.274. The Morgan fingerprint density at radius 3 is 2.62 bits per heavy atom. The van der Waals surface area contributed by atoms with Gasteiger partial charge in [0.1, 0.15) is 5.40 Å². The summed E-state index contributed by atoms with van der Waals surface area (Å²) in [4.78, 5) is 2.06. The van der Waals surface area contributed by atoms with E-state index in [1.165, 1.54) is 11.8 Å². The summed E-state index contributed by atoms with van der Waals surface area (Å²) in [6.07, 6.45) is 0. The van der Waals surface area contributed by atoms with Crippen molar-refractivity contribution in [1.29, 1.82) is 5.26 Å². The summed E-state index contributed by atoms with van der Waals surface area (Å²) in [5, 5.41) is 10.1. The molecule has 0 aromatic rings. The molecule has 0 saturated heterocycles. The Morgan fingerprint density at radius 2 is 2.25 bits per heavy atom. The summed E-state index contributed by atoms with van der Waals surface area (Å²) in [5.41, 5.74) is 0. The zero-order valence-electron chi connectivity index (χ0n) is 5.22. The van der Waals surface area contributed by atoms with Crippen molar-refractivity contribution in [2.75, 3.05) is 26.4 Å². The Hall–Kier alpha value is -0.200. The molecule has 0 aromatic heterocycles. The lowest BCUT2D eigenvalue weighted by atomic mass is 10.7. The van der Waals surface area contributed by atoms with E-state index in [1.54, 1.807) is 0 Å². The summed E-state index contributed by atoms with van der Waals surface area (Å²) in [7, 11) is 4.00. The summed E-state index contributed by atoms with van der Waals surface area (Å²) in [6.45, 7) is 0.984. The van der Waals surface area contributed by atoms with Gasteiger partial charge in [-0.05, 0) is 25.9 Å². The van der Waals surface area contributed by atoms with Gasteiger partial charge in [-0.3, -0.25) is 0 Å². The van der Waals surface area contributed by atoms with Crippen molar-refractivity contribution in [3.63, 3.8) is 0 Å². The normalized spacial score (nSPS) is 9.25. The third-order valence-electron chi connectivity index (χ3n) is 0.705. The van der Waals surface area contributed by atoms with Crippen molar-refractivity contribution in [1.82, 2.24) is 4.90 Å². The predicted octanol–water partition coefficient (Wildman–Crippen LogP) is 0.762. The van der Waals surface area contributed by atoms with Gasteiger partial charge in [0.2, 0.25) is 0 Å². The molecule has 0 radical (unpaired) electrons. The molecule has 0 aliphatic heterocycles. The number of nitriles is 1. The first-order chi connectivity index (χ1) is 3.77. The molecular formula is C5H10N2S. The lowest BCUT2D eigenvalue weighted by molar-refractivity contribution is 0.437. The highest BCUT2D eigenvalue weighted by molar-refractivity contribution is 8.03. The highest BCUT2D eigenvalue weighted by Gasteiger charge is 1.87. The lowest BCUT2D eigenvalue weighted by Gasteiger charge is -2.04. The number of hydrogen-bond donors (Lipinski definition) is 0. The second kappa shape index (κ2) is 4.95. The molecule has 0 saturated carbocycles. The van der Waals surface area contributed by atoms with Gasteiger partial charge in [-0.25, -0.2) is 0 Å². The highest BCUT2D eigenvalue weighted by Crippen LogP contribution is 1.93. The molecule has 0 fully saturated rings. The van der Waals surface area contributed by atoms with Crippen molar-refractivity contribution in [3.05, 3.63) is 0 Å². The Kier molecular flexibility index (Phi) is 4.82. The maximum absolute atomic E-state index is 8.07. The van der Waals surface area contributed by atoms with E-state index >= 15 is 0 Å². The van der Waals surface area contributed by atoms with Gasteiger partial charge in [-0.1, -0.05) is 0 Å². The minimum absolute atomic E-state index is 0.906. The Morgan fingerprint density at radius 1 is 1.62 bits per heavy atom. The first-order valence-corrected chi connectivity index (χ1v) is 3.41. The van der Waals surface area contributed by atoms with Crippen LogP contribution in [-0.4, -0.2) is 31.3 Å². The molecule has 0 N–H and O–H groups in total. The Bertz CT molecular complexity index is 84.9. The highest BCUT2D eigenvalue weighted by atomic mass is 32.2. The minimum atomic E-state index is 0.906. The lowest BCUT2D eigenvalue weighted by Crippen LogP contribution is -2.14. The Labute approximate surface area is 54.5 Å². The van der Waals surface area contributed by atoms with Crippen molar-refractivity contribution in [2.45, 2.75) is 0 Å². The van der Waals surface area contributed by atoms with Crippen LogP contribution in [0.4, 0.5) is 0 Å². The zero-order valence-corrected chi connectivity index (χ0v) is 6.03. The molecule has 8 heavy (non-hydrogen) atoms. The van der Waals surface area contributed by atoms with Crippen LogP contribution in [-0.2, 0) is 0 Å². The van der Waals surface area contributed by atoms with Crippen LogP contribution in [0.1, 0.15) is 0 Å². The van der Waals surface area contributed by atoms with Gasteiger partial charge in [0, 0.05) is 12.3 Å². The first kappa shape index (κ1) is 7.80. The summed E-state index contributed by atoms with van der Waals surface area (Å²) in [6, 6.07) is 0. The topological polar surface area (TPSA) is 27.0 Å². The molecular weight excluding hydrogens is 120 g/mol. The van der Waals surface area contributed by atoms with Crippen LogP contribution in [0.5, 0.6) is 0 Å². The average molecular weight is 130 g/mol. The molecule has 0 spiro atoms. The molecule has 0 aliphatic rings. The van der Waals surface area contributed by atoms with Crippen molar-refractivity contribution in [3.8, 4) is 5.40 Å². The van der Waals surface area contributed by atoms with Crippen LogP contribution in [0, 0.1) is 10.7 Å². The molecule has 2 nitrogen and oxygen atoms in total. The van der Waals surface area contributed by atoms with Crippen LogP contribution in [0.25, 0.3) is 0 Å². The van der Waals surface area contributed by atoms with Gasteiger partial charge in [0.25, 0.3) is 0 Å². The molecule has 0 heterocycles. The molecule has 0 aliphatic carbocycles. The summed E-state index contributed by atoms with van der Waals surface area (Å²) >= 11 is 1.30. The van der Waals surface area contributed by atoms with Gasteiger partial charge < -0.3 is 4.90 Å². The quantitative estimate of drug-likeness (QED) is 0.417. The van der Waals surface area contributed by atoms with Gasteiger partial charge >= 0.3 is 0 Å². The van der Waals surface area contributed by atoms with Crippen LogP contribution in [0.15, 0.2) is 0 Å². The maximum atomic E-state index is 8.07. The standard InChI is InChI=1S/C5H10N2S/c1-7(2)3-4-8-5-6/h3-4H2,1-2H3.